The molecule has 0 aliphatic carbocycles. The molecule has 1 aliphatic heterocycles. The van der Waals surface area contributed by atoms with Crippen LogP contribution in [0.4, 0.5) is 5.69 Å². The van der Waals surface area contributed by atoms with Gasteiger partial charge in [0.05, 0.1) is 18.6 Å². The molecule has 3 rings (SSSR count). The quantitative estimate of drug-likeness (QED) is 0.512. The number of ether oxygens (including phenoxy) is 1. The number of methoxy groups -OCH3 is 1. The molecule has 2 aromatic carbocycles. The first kappa shape index (κ1) is 21.2. The van der Waals surface area contributed by atoms with E-state index in [9.17, 15) is 9.90 Å². The van der Waals surface area contributed by atoms with Gasteiger partial charge in [0.2, 0.25) is 0 Å². The maximum absolute atomic E-state index is 12.9. The number of amides is 1. The number of rotatable bonds is 7. The summed E-state index contributed by atoms with van der Waals surface area (Å²) >= 11 is 6.67. The molecule has 5 nitrogen and oxygen atoms in total. The maximum atomic E-state index is 12.9. The summed E-state index contributed by atoms with van der Waals surface area (Å²) in [5.74, 6) is 0.764. The van der Waals surface area contributed by atoms with Crippen molar-refractivity contribution < 1.29 is 14.6 Å². The van der Waals surface area contributed by atoms with E-state index in [2.05, 4.69) is 18.7 Å². The number of thiocarbonyl (C=S) groups is 1. The third-order valence-corrected chi connectivity index (χ3v) is 6.18. The molecule has 0 bridgehead atoms. The Bertz CT molecular complexity index is 938. The monoisotopic (exact) mass is 428 g/mol. The average Bonchev–Trinajstić information content (AvgIpc) is 2.99. The van der Waals surface area contributed by atoms with Crippen LogP contribution in [0.5, 0.6) is 11.5 Å². The van der Waals surface area contributed by atoms with Gasteiger partial charge in [-0.2, -0.15) is 0 Å². The molecule has 2 aromatic rings. The highest BCUT2D eigenvalue weighted by Gasteiger charge is 2.32. The number of benzene rings is 2. The molecule has 1 amide bonds. The van der Waals surface area contributed by atoms with Gasteiger partial charge in [0, 0.05) is 30.4 Å². The van der Waals surface area contributed by atoms with Crippen LogP contribution in [0, 0.1) is 0 Å². The van der Waals surface area contributed by atoms with E-state index in [1.807, 2.05) is 36.4 Å². The van der Waals surface area contributed by atoms with E-state index in [0.29, 0.717) is 21.3 Å². The number of thioether (sulfide) groups is 1. The maximum Gasteiger partial charge on any atom is 0.266 e. The summed E-state index contributed by atoms with van der Waals surface area (Å²) in [5.41, 5.74) is 2.53. The summed E-state index contributed by atoms with van der Waals surface area (Å²) in [7, 11) is 1.62. The van der Waals surface area contributed by atoms with Crippen molar-refractivity contribution in [2.75, 3.05) is 25.1 Å². The van der Waals surface area contributed by atoms with Gasteiger partial charge in [0.15, 0.2) is 0 Å². The second-order valence-electron chi connectivity index (χ2n) is 6.53. The smallest absolute Gasteiger partial charge is 0.266 e. The highest BCUT2D eigenvalue weighted by molar-refractivity contribution is 8.26. The normalized spacial score (nSPS) is 15.3. The molecule has 0 saturated carbocycles. The number of nitrogens with zero attached hydrogens (tertiary/aromatic N) is 2. The Morgan fingerprint density at radius 2 is 1.86 bits per heavy atom. The zero-order valence-corrected chi connectivity index (χ0v) is 18.3. The molecule has 1 aliphatic rings. The second-order valence-corrected chi connectivity index (χ2v) is 8.21. The Morgan fingerprint density at radius 1 is 1.17 bits per heavy atom. The van der Waals surface area contributed by atoms with Crippen molar-refractivity contribution in [1.29, 1.82) is 0 Å². The SMILES string of the molecule is CCN(CC)c1ccc(/C=C2\SC(=S)N(Cc3ccc(OC)cc3)C2=O)c(O)c1. The third-order valence-electron chi connectivity index (χ3n) is 4.80. The lowest BCUT2D eigenvalue weighted by molar-refractivity contribution is -0.122. The molecule has 1 fully saturated rings. The first-order chi connectivity index (χ1) is 14.0. The minimum atomic E-state index is -0.150. The van der Waals surface area contributed by atoms with Crippen LogP contribution in [0.3, 0.4) is 0 Å². The molecule has 0 radical (unpaired) electrons. The van der Waals surface area contributed by atoms with Gasteiger partial charge in [-0.15, -0.1) is 0 Å². The summed E-state index contributed by atoms with van der Waals surface area (Å²) in [6, 6.07) is 13.1. The van der Waals surface area contributed by atoms with Crippen LogP contribution in [0.25, 0.3) is 6.08 Å². The summed E-state index contributed by atoms with van der Waals surface area (Å²) < 4.78 is 5.68. The van der Waals surface area contributed by atoms with Gasteiger partial charge in [-0.3, -0.25) is 9.69 Å². The number of phenolic OH excluding ortho intramolecular Hbond substituents is 1. The summed E-state index contributed by atoms with van der Waals surface area (Å²) in [4.78, 5) is 17.1. The first-order valence-electron chi connectivity index (χ1n) is 9.43. The largest absolute Gasteiger partial charge is 0.507 e. The number of carbonyl (C=O) groups excluding carboxylic acids is 1. The minimum Gasteiger partial charge on any atom is -0.507 e. The number of hydrogen-bond acceptors (Lipinski definition) is 6. The van der Waals surface area contributed by atoms with Gasteiger partial charge < -0.3 is 14.7 Å². The predicted molar refractivity (Wildman–Crippen MR) is 123 cm³/mol. The van der Waals surface area contributed by atoms with Crippen LogP contribution >= 0.6 is 24.0 Å². The zero-order chi connectivity index (χ0) is 21.0. The van der Waals surface area contributed by atoms with E-state index >= 15 is 0 Å². The lowest BCUT2D eigenvalue weighted by atomic mass is 10.1. The lowest BCUT2D eigenvalue weighted by Crippen LogP contribution is -2.27. The van der Waals surface area contributed by atoms with Crippen LogP contribution in [0.2, 0.25) is 0 Å². The van der Waals surface area contributed by atoms with Crippen LogP contribution in [0.15, 0.2) is 47.4 Å². The summed E-state index contributed by atoms with van der Waals surface area (Å²) in [6.45, 7) is 6.27. The van der Waals surface area contributed by atoms with Crippen LogP contribution < -0.4 is 9.64 Å². The Balaban J connectivity index is 1.78. The molecule has 0 aromatic heterocycles. The predicted octanol–water partition coefficient (Wildman–Crippen LogP) is 4.65. The molecule has 0 atom stereocenters. The van der Waals surface area contributed by atoms with Crippen molar-refractivity contribution in [3.8, 4) is 11.5 Å². The number of aromatic hydroxyl groups is 1. The number of anilines is 1. The summed E-state index contributed by atoms with van der Waals surface area (Å²) in [5, 5.41) is 10.4. The van der Waals surface area contributed by atoms with Crippen molar-refractivity contribution in [2.45, 2.75) is 20.4 Å². The average molecular weight is 429 g/mol. The molecule has 1 N–H and O–H groups in total. The molecule has 29 heavy (non-hydrogen) atoms. The molecule has 1 heterocycles. The standard InChI is InChI=1S/C22H24N2O3S2/c1-4-23(5-2)17-9-8-16(19(25)13-17)12-20-21(26)24(22(28)29-20)14-15-6-10-18(27-3)11-7-15/h6-13,25H,4-5,14H2,1-3H3/b20-12-. The molecule has 0 unspecified atom stereocenters. The Hall–Kier alpha value is -2.51. The lowest BCUT2D eigenvalue weighted by Gasteiger charge is -2.21. The van der Waals surface area contributed by atoms with Crippen LogP contribution in [-0.4, -0.2) is 40.4 Å². The number of carbonyl (C=O) groups is 1. The van der Waals surface area contributed by atoms with Gasteiger partial charge in [-0.05, 0) is 49.8 Å². The van der Waals surface area contributed by atoms with E-state index in [1.165, 1.54) is 11.8 Å². The van der Waals surface area contributed by atoms with Gasteiger partial charge in [-0.25, -0.2) is 0 Å². The van der Waals surface area contributed by atoms with Gasteiger partial charge in [0.25, 0.3) is 5.91 Å². The molecule has 0 spiro atoms. The first-order valence-corrected chi connectivity index (χ1v) is 10.7. The minimum absolute atomic E-state index is 0.148. The van der Waals surface area contributed by atoms with E-state index in [4.69, 9.17) is 17.0 Å². The topological polar surface area (TPSA) is 53.0 Å². The van der Waals surface area contributed by atoms with Crippen molar-refractivity contribution in [2.24, 2.45) is 0 Å². The van der Waals surface area contributed by atoms with Gasteiger partial charge >= 0.3 is 0 Å². The Labute approximate surface area is 181 Å². The van der Waals surface area contributed by atoms with Gasteiger partial charge in [-0.1, -0.05) is 36.1 Å². The second kappa shape index (κ2) is 9.33. The number of hydrogen-bond donors (Lipinski definition) is 1. The third kappa shape index (κ3) is 4.74. The zero-order valence-electron chi connectivity index (χ0n) is 16.7. The fourth-order valence-electron chi connectivity index (χ4n) is 3.13. The van der Waals surface area contributed by atoms with Crippen LogP contribution in [-0.2, 0) is 11.3 Å². The van der Waals surface area contributed by atoms with Crippen LogP contribution in [0.1, 0.15) is 25.0 Å². The highest BCUT2D eigenvalue weighted by Crippen LogP contribution is 2.36. The van der Waals surface area contributed by atoms with Crippen molar-refractivity contribution in [3.63, 3.8) is 0 Å². The van der Waals surface area contributed by atoms with E-state index in [-0.39, 0.29) is 11.7 Å². The van der Waals surface area contributed by atoms with Gasteiger partial charge in [0.1, 0.15) is 15.8 Å². The molecular weight excluding hydrogens is 404 g/mol. The highest BCUT2D eigenvalue weighted by atomic mass is 32.2. The molecule has 152 valence electrons. The Kier molecular flexibility index (Phi) is 6.82. The molecular formula is C22H24N2O3S2. The van der Waals surface area contributed by atoms with E-state index in [0.717, 1.165) is 30.1 Å². The van der Waals surface area contributed by atoms with Crippen molar-refractivity contribution >= 4 is 46.0 Å². The van der Waals surface area contributed by atoms with Crippen molar-refractivity contribution in [1.82, 2.24) is 4.90 Å². The fourth-order valence-corrected chi connectivity index (χ4v) is 4.38. The fraction of sp³-hybridized carbons (Fsp3) is 0.273. The molecule has 7 heteroatoms. The van der Waals surface area contributed by atoms with Crippen molar-refractivity contribution in [3.05, 3.63) is 58.5 Å². The van der Waals surface area contributed by atoms with E-state index < -0.39 is 0 Å². The Morgan fingerprint density at radius 3 is 2.45 bits per heavy atom. The van der Waals surface area contributed by atoms with E-state index in [1.54, 1.807) is 24.2 Å². The summed E-state index contributed by atoms with van der Waals surface area (Å²) in [6.07, 6.45) is 1.70. The molecule has 1 saturated heterocycles. The number of phenols is 1.